The van der Waals surface area contributed by atoms with Gasteiger partial charge in [-0.2, -0.15) is 5.10 Å². The SMILES string of the molecule is NC(=O)c1cccc(F)c1-c1cc(-c2ccc(F)cc2)n[nH]1.O=CCOC(CO)CCc1ccccn1.[HH].[HH]. The van der Waals surface area contributed by atoms with Gasteiger partial charge in [-0.25, -0.2) is 8.78 Å². The second-order valence-electron chi connectivity index (χ2n) is 7.86. The Labute approximate surface area is 215 Å². The van der Waals surface area contributed by atoms with Gasteiger partial charge < -0.3 is 20.4 Å². The Balaban J connectivity index is 0.000000397. The summed E-state index contributed by atoms with van der Waals surface area (Å²) in [4.78, 5) is 25.7. The van der Waals surface area contributed by atoms with E-state index in [2.05, 4.69) is 15.2 Å². The molecule has 196 valence electrons. The summed E-state index contributed by atoms with van der Waals surface area (Å²) in [6.07, 6.45) is 3.54. The third kappa shape index (κ3) is 7.86. The van der Waals surface area contributed by atoms with Crippen molar-refractivity contribution < 1.29 is 31.1 Å². The zero-order valence-electron chi connectivity index (χ0n) is 19.8. The van der Waals surface area contributed by atoms with Crippen LogP contribution in [0.4, 0.5) is 8.78 Å². The number of pyridine rings is 1. The molecule has 0 spiro atoms. The van der Waals surface area contributed by atoms with Gasteiger partial charge >= 0.3 is 0 Å². The summed E-state index contributed by atoms with van der Waals surface area (Å²) >= 11 is 0. The number of aldehydes is 1. The van der Waals surface area contributed by atoms with E-state index in [-0.39, 0.29) is 39.1 Å². The maximum atomic E-state index is 14.1. The van der Waals surface area contributed by atoms with Gasteiger partial charge in [0.05, 0.1) is 29.7 Å². The number of carbonyl (C=O) groups is 2. The van der Waals surface area contributed by atoms with Crippen LogP contribution < -0.4 is 5.73 Å². The van der Waals surface area contributed by atoms with Crippen molar-refractivity contribution in [1.29, 1.82) is 0 Å². The fraction of sp³-hybridized carbons (Fsp3) is 0.185. The zero-order valence-corrected chi connectivity index (χ0v) is 19.8. The summed E-state index contributed by atoms with van der Waals surface area (Å²) in [5, 5.41) is 15.7. The third-order valence-corrected chi connectivity index (χ3v) is 5.32. The fourth-order valence-electron chi connectivity index (χ4n) is 3.48. The van der Waals surface area contributed by atoms with Crippen molar-refractivity contribution in [2.45, 2.75) is 18.9 Å². The number of carbonyl (C=O) groups excluding carboxylic acids is 2. The van der Waals surface area contributed by atoms with Crippen molar-refractivity contribution >= 4 is 12.2 Å². The number of primary amides is 1. The van der Waals surface area contributed by atoms with Crippen molar-refractivity contribution in [2.24, 2.45) is 5.73 Å². The minimum absolute atomic E-state index is 0. The topological polar surface area (TPSA) is 131 Å². The van der Waals surface area contributed by atoms with E-state index in [1.807, 2.05) is 18.2 Å². The summed E-state index contributed by atoms with van der Waals surface area (Å²) in [6, 6.07) is 17.1. The van der Waals surface area contributed by atoms with Gasteiger partial charge in [-0.1, -0.05) is 12.1 Å². The van der Waals surface area contributed by atoms with Crippen molar-refractivity contribution in [2.75, 3.05) is 13.2 Å². The number of aryl methyl sites for hydroxylation is 1. The highest BCUT2D eigenvalue weighted by Crippen LogP contribution is 2.28. The average molecular weight is 513 g/mol. The van der Waals surface area contributed by atoms with Crippen LogP contribution in [0.1, 0.15) is 25.3 Å². The van der Waals surface area contributed by atoms with Gasteiger partial charge in [0.15, 0.2) is 0 Å². The van der Waals surface area contributed by atoms with Crippen LogP contribution in [0.3, 0.4) is 0 Å². The predicted octanol–water partition coefficient (Wildman–Crippen LogP) is 4.20. The number of amides is 1. The molecule has 37 heavy (non-hydrogen) atoms. The number of rotatable bonds is 10. The smallest absolute Gasteiger partial charge is 0.249 e. The Morgan fingerprint density at radius 1 is 1.14 bits per heavy atom. The number of H-pyrrole nitrogens is 1. The first-order valence-corrected chi connectivity index (χ1v) is 11.4. The molecule has 1 atom stereocenters. The molecule has 2 heterocycles. The molecular formula is C27H30F2N4O4. The summed E-state index contributed by atoms with van der Waals surface area (Å²) < 4.78 is 32.1. The molecule has 0 aliphatic rings. The van der Waals surface area contributed by atoms with Crippen molar-refractivity contribution in [3.8, 4) is 22.5 Å². The Morgan fingerprint density at radius 2 is 1.92 bits per heavy atom. The molecule has 4 N–H and O–H groups in total. The van der Waals surface area contributed by atoms with E-state index in [4.69, 9.17) is 15.6 Å². The Kier molecular flexibility index (Phi) is 10.1. The van der Waals surface area contributed by atoms with E-state index in [9.17, 15) is 18.4 Å². The van der Waals surface area contributed by atoms with Crippen LogP contribution in [-0.4, -0.2) is 51.8 Å². The van der Waals surface area contributed by atoms with E-state index in [0.717, 1.165) is 12.1 Å². The summed E-state index contributed by atoms with van der Waals surface area (Å²) in [5.41, 5.74) is 7.87. The van der Waals surface area contributed by atoms with Gasteiger partial charge in [0.2, 0.25) is 5.91 Å². The lowest BCUT2D eigenvalue weighted by molar-refractivity contribution is -0.114. The average Bonchev–Trinajstić information content (AvgIpc) is 3.40. The van der Waals surface area contributed by atoms with Crippen LogP contribution in [0.15, 0.2) is 72.9 Å². The van der Waals surface area contributed by atoms with Crippen LogP contribution in [0.2, 0.25) is 0 Å². The highest BCUT2D eigenvalue weighted by atomic mass is 19.1. The normalized spacial score (nSPS) is 11.3. The number of aliphatic hydroxyl groups is 1. The minimum atomic E-state index is -0.729. The third-order valence-electron chi connectivity index (χ3n) is 5.32. The number of aliphatic hydroxyl groups excluding tert-OH is 1. The largest absolute Gasteiger partial charge is 0.394 e. The van der Waals surface area contributed by atoms with Gasteiger partial charge in [-0.15, -0.1) is 0 Å². The molecule has 2 aromatic carbocycles. The van der Waals surface area contributed by atoms with Crippen LogP contribution in [0.5, 0.6) is 0 Å². The number of nitrogens with one attached hydrogen (secondary N) is 1. The second kappa shape index (κ2) is 13.7. The number of aromatic amines is 1. The van der Waals surface area contributed by atoms with Crippen molar-refractivity contribution in [1.82, 2.24) is 15.2 Å². The first-order valence-electron chi connectivity index (χ1n) is 11.4. The van der Waals surface area contributed by atoms with Crippen LogP contribution in [0.25, 0.3) is 22.5 Å². The molecule has 0 saturated carbocycles. The summed E-state index contributed by atoms with van der Waals surface area (Å²) in [7, 11) is 0. The molecule has 0 aliphatic heterocycles. The zero-order chi connectivity index (χ0) is 26.6. The fourth-order valence-corrected chi connectivity index (χ4v) is 3.48. The van der Waals surface area contributed by atoms with E-state index < -0.39 is 11.7 Å². The first-order chi connectivity index (χ1) is 17.9. The lowest BCUT2D eigenvalue weighted by atomic mass is 10.0. The molecule has 8 nitrogen and oxygen atoms in total. The van der Waals surface area contributed by atoms with Crippen LogP contribution in [-0.2, 0) is 16.0 Å². The highest BCUT2D eigenvalue weighted by molar-refractivity contribution is 5.99. The summed E-state index contributed by atoms with van der Waals surface area (Å²) in [6.45, 7) is -0.0336. The Bertz CT molecular complexity index is 1310. The molecule has 2 aromatic heterocycles. The number of ether oxygens (including phenoxy) is 1. The van der Waals surface area contributed by atoms with E-state index in [0.29, 0.717) is 29.7 Å². The highest BCUT2D eigenvalue weighted by Gasteiger charge is 2.17. The molecule has 0 aliphatic carbocycles. The molecule has 1 unspecified atom stereocenters. The number of benzene rings is 2. The lowest BCUT2D eigenvalue weighted by Gasteiger charge is -2.12. The maximum absolute atomic E-state index is 14.1. The van der Waals surface area contributed by atoms with Crippen LogP contribution in [0, 0.1) is 11.6 Å². The Hall–Kier alpha value is -4.28. The number of nitrogens with two attached hydrogens (primary N) is 1. The predicted molar refractivity (Wildman–Crippen MR) is 138 cm³/mol. The minimum Gasteiger partial charge on any atom is -0.394 e. The Morgan fingerprint density at radius 3 is 2.57 bits per heavy atom. The molecule has 1 amide bonds. The molecule has 10 heteroatoms. The molecule has 0 bridgehead atoms. The van der Waals surface area contributed by atoms with Gasteiger partial charge in [0.25, 0.3) is 0 Å². The van der Waals surface area contributed by atoms with Crippen molar-refractivity contribution in [3.63, 3.8) is 0 Å². The number of halogens is 2. The van der Waals surface area contributed by atoms with Crippen LogP contribution >= 0.6 is 0 Å². The van der Waals surface area contributed by atoms with Gasteiger partial charge in [-0.05, 0) is 67.4 Å². The van der Waals surface area contributed by atoms with E-state index >= 15 is 0 Å². The number of hydrogen-bond acceptors (Lipinski definition) is 6. The van der Waals surface area contributed by atoms with E-state index in [1.54, 1.807) is 24.4 Å². The van der Waals surface area contributed by atoms with Gasteiger partial charge in [0.1, 0.15) is 24.5 Å². The van der Waals surface area contributed by atoms with Crippen molar-refractivity contribution in [3.05, 3.63) is 95.8 Å². The molecule has 4 rings (SSSR count). The number of hydrogen-bond donors (Lipinski definition) is 3. The quantitative estimate of drug-likeness (QED) is 0.273. The summed E-state index contributed by atoms with van der Waals surface area (Å²) in [5.74, 6) is -1.66. The molecule has 0 radical (unpaired) electrons. The standard InChI is InChI=1S/C16H11F2N3O.C11H15NO3.2H2/c17-10-6-4-9(5-7-10)13-8-14(21-20-13)15-11(16(19)22)2-1-3-12(15)18;13-7-8-15-11(9-14)5-4-10-3-1-2-6-12-10;;/h1-8H,(H2,19,22)(H,20,21);1-3,6-7,11,14H,4-5,8-9H2;2*1H. The van der Waals surface area contributed by atoms with E-state index in [1.165, 1.54) is 30.3 Å². The number of aromatic nitrogens is 3. The second-order valence-corrected chi connectivity index (χ2v) is 7.86. The van der Waals surface area contributed by atoms with Gasteiger partial charge in [0, 0.05) is 25.9 Å². The lowest BCUT2D eigenvalue weighted by Crippen LogP contribution is -2.19. The number of nitrogens with zero attached hydrogens (tertiary/aromatic N) is 2. The molecule has 0 fully saturated rings. The molecular weight excluding hydrogens is 482 g/mol. The maximum Gasteiger partial charge on any atom is 0.249 e. The monoisotopic (exact) mass is 512 g/mol. The van der Waals surface area contributed by atoms with Gasteiger partial charge in [-0.3, -0.25) is 14.9 Å². The molecule has 0 saturated heterocycles. The molecule has 4 aromatic rings. The first kappa shape index (κ1) is 27.3.